The topological polar surface area (TPSA) is 39.7 Å². The lowest BCUT2D eigenvalue weighted by atomic mass is 10.0. The minimum absolute atomic E-state index is 0. The molecule has 1 heterocycles. The Bertz CT molecular complexity index is 554. The summed E-state index contributed by atoms with van der Waals surface area (Å²) < 4.78 is 13.6. The van der Waals surface area contributed by atoms with E-state index in [-0.39, 0.29) is 29.8 Å². The first-order valence-corrected chi connectivity index (χ1v) is 9.03. The lowest BCUT2D eigenvalue weighted by Crippen LogP contribution is -2.49. The van der Waals surface area contributed by atoms with Crippen LogP contribution >= 0.6 is 24.0 Å². The van der Waals surface area contributed by atoms with Crippen LogP contribution in [0.1, 0.15) is 44.7 Å². The lowest BCUT2D eigenvalue weighted by molar-refractivity contribution is 0.167. The van der Waals surface area contributed by atoms with Crippen LogP contribution in [0, 0.1) is 12.7 Å². The number of guanidine groups is 1. The Hall–Kier alpha value is -0.890. The van der Waals surface area contributed by atoms with Gasteiger partial charge in [0, 0.05) is 31.7 Å². The van der Waals surface area contributed by atoms with Crippen LogP contribution in [0.4, 0.5) is 4.39 Å². The first kappa shape index (κ1) is 22.2. The molecular formula is C19H32FIN4. The number of hydrogen-bond acceptors (Lipinski definition) is 2. The molecule has 1 aromatic rings. The summed E-state index contributed by atoms with van der Waals surface area (Å²) in [5.74, 6) is 0.656. The van der Waals surface area contributed by atoms with E-state index in [1.54, 1.807) is 13.0 Å². The van der Waals surface area contributed by atoms with E-state index in [1.165, 1.54) is 0 Å². The quantitative estimate of drug-likeness (QED) is 0.399. The number of benzene rings is 1. The molecule has 1 aromatic carbocycles. The van der Waals surface area contributed by atoms with E-state index in [0.29, 0.717) is 24.2 Å². The van der Waals surface area contributed by atoms with E-state index in [9.17, 15) is 4.39 Å². The largest absolute Gasteiger partial charge is 0.357 e. The summed E-state index contributed by atoms with van der Waals surface area (Å²) in [5, 5.41) is 6.82. The third-order valence-electron chi connectivity index (χ3n) is 4.60. The van der Waals surface area contributed by atoms with Gasteiger partial charge in [-0.05, 0) is 57.7 Å². The number of nitrogens with zero attached hydrogens (tertiary/aromatic N) is 2. The number of aryl methyl sites for hydroxylation is 1. The smallest absolute Gasteiger partial charge is 0.191 e. The van der Waals surface area contributed by atoms with Crippen LogP contribution in [-0.4, -0.2) is 42.6 Å². The van der Waals surface area contributed by atoms with Crippen LogP contribution in [-0.2, 0) is 6.54 Å². The normalized spacial score (nSPS) is 16.6. The fourth-order valence-corrected chi connectivity index (χ4v) is 2.98. The molecular weight excluding hydrogens is 430 g/mol. The predicted octanol–water partition coefficient (Wildman–Crippen LogP) is 3.68. The zero-order valence-corrected chi connectivity index (χ0v) is 18.1. The highest BCUT2D eigenvalue weighted by Gasteiger charge is 2.21. The number of rotatable bonds is 5. The van der Waals surface area contributed by atoms with Crippen molar-refractivity contribution in [3.8, 4) is 0 Å². The molecule has 0 amide bonds. The number of nitrogens with one attached hydrogen (secondary N) is 2. The van der Waals surface area contributed by atoms with E-state index in [1.807, 2.05) is 12.1 Å². The van der Waals surface area contributed by atoms with E-state index in [2.05, 4.69) is 41.3 Å². The molecule has 0 bridgehead atoms. The summed E-state index contributed by atoms with van der Waals surface area (Å²) in [6.07, 6.45) is 2.25. The van der Waals surface area contributed by atoms with Crippen molar-refractivity contribution in [3.05, 3.63) is 35.1 Å². The molecule has 142 valence electrons. The minimum Gasteiger partial charge on any atom is -0.357 e. The minimum atomic E-state index is -0.165. The molecule has 25 heavy (non-hydrogen) atoms. The summed E-state index contributed by atoms with van der Waals surface area (Å²) in [4.78, 5) is 7.13. The molecule has 0 aliphatic carbocycles. The van der Waals surface area contributed by atoms with Gasteiger partial charge in [-0.15, -0.1) is 24.0 Å². The maximum atomic E-state index is 13.6. The van der Waals surface area contributed by atoms with Gasteiger partial charge in [0.2, 0.25) is 0 Å². The molecule has 0 atom stereocenters. The van der Waals surface area contributed by atoms with Crippen molar-refractivity contribution < 1.29 is 4.39 Å². The van der Waals surface area contributed by atoms with Crippen molar-refractivity contribution in [2.45, 2.75) is 59.2 Å². The third kappa shape index (κ3) is 7.09. The van der Waals surface area contributed by atoms with Gasteiger partial charge >= 0.3 is 0 Å². The molecule has 1 saturated heterocycles. The first-order valence-electron chi connectivity index (χ1n) is 9.03. The van der Waals surface area contributed by atoms with Crippen LogP contribution in [0.25, 0.3) is 0 Å². The summed E-state index contributed by atoms with van der Waals surface area (Å²) in [7, 11) is 0. The summed E-state index contributed by atoms with van der Waals surface area (Å²) in [6, 6.07) is 6.38. The fourth-order valence-electron chi connectivity index (χ4n) is 2.98. The van der Waals surface area contributed by atoms with Crippen molar-refractivity contribution in [1.82, 2.24) is 15.5 Å². The Kier molecular flexibility index (Phi) is 9.71. The number of piperidine rings is 1. The van der Waals surface area contributed by atoms with Crippen LogP contribution in [0.3, 0.4) is 0 Å². The molecule has 0 saturated carbocycles. The Morgan fingerprint density at radius 2 is 2.00 bits per heavy atom. The number of halogens is 2. The maximum absolute atomic E-state index is 13.6. The van der Waals surface area contributed by atoms with Gasteiger partial charge in [0.05, 0.1) is 6.54 Å². The van der Waals surface area contributed by atoms with Gasteiger partial charge in [0.25, 0.3) is 0 Å². The number of aliphatic imine (C=N–C) groups is 1. The van der Waals surface area contributed by atoms with E-state index in [0.717, 1.165) is 44.0 Å². The molecule has 2 N–H and O–H groups in total. The van der Waals surface area contributed by atoms with E-state index < -0.39 is 0 Å². The molecule has 4 nitrogen and oxygen atoms in total. The zero-order chi connectivity index (χ0) is 17.5. The maximum Gasteiger partial charge on any atom is 0.191 e. The summed E-state index contributed by atoms with van der Waals surface area (Å²) in [5.41, 5.74) is 1.56. The van der Waals surface area contributed by atoms with Crippen LogP contribution < -0.4 is 10.6 Å². The van der Waals surface area contributed by atoms with Crippen LogP contribution in [0.15, 0.2) is 23.2 Å². The third-order valence-corrected chi connectivity index (χ3v) is 4.60. The standard InChI is InChI=1S/C19H31FN4.HI/c1-5-21-19(22-13-16-7-6-15(4)18(20)12-16)23-17-8-10-24(11-9-17)14(2)3;/h6-7,12,14,17H,5,8-11,13H2,1-4H3,(H2,21,22,23);1H. The second-order valence-electron chi connectivity index (χ2n) is 6.83. The van der Waals surface area contributed by atoms with Crippen molar-refractivity contribution in [1.29, 1.82) is 0 Å². The molecule has 1 fully saturated rings. The molecule has 6 heteroatoms. The number of hydrogen-bond donors (Lipinski definition) is 2. The second-order valence-corrected chi connectivity index (χ2v) is 6.83. The zero-order valence-electron chi connectivity index (χ0n) is 15.8. The highest BCUT2D eigenvalue weighted by atomic mass is 127. The molecule has 1 aliphatic rings. The SMILES string of the molecule is CCNC(=NCc1ccc(C)c(F)c1)NC1CCN(C(C)C)CC1.I. The van der Waals surface area contributed by atoms with Crippen LogP contribution in [0.2, 0.25) is 0 Å². The second kappa shape index (κ2) is 11.0. The fraction of sp³-hybridized carbons (Fsp3) is 0.632. The van der Waals surface area contributed by atoms with Gasteiger partial charge in [-0.3, -0.25) is 0 Å². The molecule has 2 rings (SSSR count). The van der Waals surface area contributed by atoms with E-state index >= 15 is 0 Å². The van der Waals surface area contributed by atoms with Gasteiger partial charge in [-0.25, -0.2) is 9.38 Å². The van der Waals surface area contributed by atoms with Crippen molar-refractivity contribution >= 4 is 29.9 Å². The van der Waals surface area contributed by atoms with E-state index in [4.69, 9.17) is 0 Å². The predicted molar refractivity (Wildman–Crippen MR) is 114 cm³/mol. The summed E-state index contributed by atoms with van der Waals surface area (Å²) in [6.45, 7) is 11.9. The molecule has 0 aromatic heterocycles. The van der Waals surface area contributed by atoms with Gasteiger partial charge in [0.1, 0.15) is 5.82 Å². The molecule has 0 spiro atoms. The van der Waals surface area contributed by atoms with Crippen molar-refractivity contribution in [2.24, 2.45) is 4.99 Å². The Morgan fingerprint density at radius 3 is 2.56 bits per heavy atom. The Morgan fingerprint density at radius 1 is 1.32 bits per heavy atom. The van der Waals surface area contributed by atoms with Gasteiger partial charge < -0.3 is 15.5 Å². The molecule has 0 unspecified atom stereocenters. The number of likely N-dealkylation sites (tertiary alicyclic amines) is 1. The van der Waals surface area contributed by atoms with Crippen LogP contribution in [0.5, 0.6) is 0 Å². The average Bonchev–Trinajstić information content (AvgIpc) is 2.56. The lowest BCUT2D eigenvalue weighted by Gasteiger charge is -2.35. The average molecular weight is 462 g/mol. The van der Waals surface area contributed by atoms with Gasteiger partial charge in [-0.2, -0.15) is 0 Å². The van der Waals surface area contributed by atoms with Crippen molar-refractivity contribution in [2.75, 3.05) is 19.6 Å². The van der Waals surface area contributed by atoms with Crippen molar-refractivity contribution in [3.63, 3.8) is 0 Å². The monoisotopic (exact) mass is 462 g/mol. The Balaban J connectivity index is 0.00000312. The molecule has 0 radical (unpaired) electrons. The van der Waals surface area contributed by atoms with Gasteiger partial charge in [-0.1, -0.05) is 12.1 Å². The Labute approximate surface area is 168 Å². The summed E-state index contributed by atoms with van der Waals surface area (Å²) >= 11 is 0. The molecule has 1 aliphatic heterocycles. The van der Waals surface area contributed by atoms with Gasteiger partial charge in [0.15, 0.2) is 5.96 Å². The first-order chi connectivity index (χ1) is 11.5. The highest BCUT2D eigenvalue weighted by molar-refractivity contribution is 14.0. The highest BCUT2D eigenvalue weighted by Crippen LogP contribution is 2.13.